The zero-order valence-electron chi connectivity index (χ0n) is 9.67. The van der Waals surface area contributed by atoms with Crippen molar-refractivity contribution < 1.29 is 9.84 Å². The second-order valence-corrected chi connectivity index (χ2v) is 4.24. The molecule has 1 aromatic rings. The molecule has 0 radical (unpaired) electrons. The van der Waals surface area contributed by atoms with E-state index in [9.17, 15) is 5.11 Å². The van der Waals surface area contributed by atoms with Gasteiger partial charge in [-0.05, 0) is 12.5 Å². The van der Waals surface area contributed by atoms with Crippen molar-refractivity contribution in [2.24, 2.45) is 0 Å². The summed E-state index contributed by atoms with van der Waals surface area (Å²) in [5, 5.41) is 10.3. The fraction of sp³-hybridized carbons (Fsp3) is 0.538. The van der Waals surface area contributed by atoms with E-state index in [0.717, 1.165) is 31.9 Å². The van der Waals surface area contributed by atoms with Gasteiger partial charge in [0, 0.05) is 19.1 Å². The summed E-state index contributed by atoms with van der Waals surface area (Å²) in [6, 6.07) is 9.99. The van der Waals surface area contributed by atoms with Crippen molar-refractivity contribution in [1.82, 2.24) is 4.90 Å². The summed E-state index contributed by atoms with van der Waals surface area (Å²) in [5.74, 6) is 0. The van der Waals surface area contributed by atoms with E-state index in [-0.39, 0.29) is 6.04 Å². The minimum Gasteiger partial charge on any atom is -0.387 e. The third kappa shape index (κ3) is 2.61. The topological polar surface area (TPSA) is 32.7 Å². The monoisotopic (exact) mass is 221 g/mol. The maximum absolute atomic E-state index is 10.3. The van der Waals surface area contributed by atoms with Gasteiger partial charge in [-0.3, -0.25) is 4.90 Å². The number of hydrogen-bond acceptors (Lipinski definition) is 3. The minimum atomic E-state index is -0.417. The lowest BCUT2D eigenvalue weighted by atomic mass is 10.0. The van der Waals surface area contributed by atoms with Gasteiger partial charge in [0.1, 0.15) is 0 Å². The van der Waals surface area contributed by atoms with Gasteiger partial charge in [0.25, 0.3) is 0 Å². The maximum Gasteiger partial charge on any atom is 0.0942 e. The van der Waals surface area contributed by atoms with Crippen LogP contribution in [0.2, 0.25) is 0 Å². The highest BCUT2D eigenvalue weighted by Crippen LogP contribution is 2.21. The van der Waals surface area contributed by atoms with Crippen LogP contribution in [0.25, 0.3) is 0 Å². The summed E-state index contributed by atoms with van der Waals surface area (Å²) in [6.07, 6.45) is -0.417. The van der Waals surface area contributed by atoms with Crippen LogP contribution in [0, 0.1) is 0 Å². The van der Waals surface area contributed by atoms with Crippen LogP contribution in [-0.4, -0.2) is 42.4 Å². The van der Waals surface area contributed by atoms with Crippen LogP contribution in [0.1, 0.15) is 18.6 Å². The number of aliphatic hydroxyl groups excluding tert-OH is 1. The average molecular weight is 221 g/mol. The Kier molecular flexibility index (Phi) is 3.93. The normalized spacial score (nSPS) is 21.6. The second-order valence-electron chi connectivity index (χ2n) is 4.24. The molecule has 3 heteroatoms. The molecule has 2 atom stereocenters. The third-order valence-electron chi connectivity index (χ3n) is 3.22. The summed E-state index contributed by atoms with van der Waals surface area (Å²) >= 11 is 0. The van der Waals surface area contributed by atoms with Gasteiger partial charge < -0.3 is 9.84 Å². The standard InChI is InChI=1S/C13H19NO2/c1-11(14-7-9-16-10-8-14)13(15)12-5-3-2-4-6-12/h2-6,11,13,15H,7-10H2,1H3/t11-,13-/m0/s1. The quantitative estimate of drug-likeness (QED) is 0.838. The Morgan fingerprint density at radius 3 is 2.44 bits per heavy atom. The summed E-state index contributed by atoms with van der Waals surface area (Å²) in [7, 11) is 0. The molecule has 2 rings (SSSR count). The Labute approximate surface area is 96.6 Å². The summed E-state index contributed by atoms with van der Waals surface area (Å²) in [6.45, 7) is 5.43. The van der Waals surface area contributed by atoms with Crippen molar-refractivity contribution >= 4 is 0 Å². The number of morpholine rings is 1. The van der Waals surface area contributed by atoms with Crippen LogP contribution in [0.5, 0.6) is 0 Å². The van der Waals surface area contributed by atoms with Crippen molar-refractivity contribution in [3.8, 4) is 0 Å². The van der Waals surface area contributed by atoms with E-state index in [2.05, 4.69) is 11.8 Å². The smallest absolute Gasteiger partial charge is 0.0942 e. The molecule has 1 heterocycles. The fourth-order valence-electron chi connectivity index (χ4n) is 2.11. The largest absolute Gasteiger partial charge is 0.387 e. The van der Waals surface area contributed by atoms with Crippen molar-refractivity contribution in [2.75, 3.05) is 26.3 Å². The Balaban J connectivity index is 2.00. The summed E-state index contributed by atoms with van der Waals surface area (Å²) in [4.78, 5) is 2.28. The van der Waals surface area contributed by atoms with Crippen molar-refractivity contribution in [1.29, 1.82) is 0 Å². The van der Waals surface area contributed by atoms with E-state index in [0.29, 0.717) is 0 Å². The number of aliphatic hydroxyl groups is 1. The average Bonchev–Trinajstić information content (AvgIpc) is 2.39. The Morgan fingerprint density at radius 2 is 1.81 bits per heavy atom. The molecule has 0 aliphatic carbocycles. The van der Waals surface area contributed by atoms with Gasteiger partial charge in [0.2, 0.25) is 0 Å². The van der Waals surface area contributed by atoms with Crippen LogP contribution in [-0.2, 0) is 4.74 Å². The number of benzene rings is 1. The van der Waals surface area contributed by atoms with E-state index in [1.54, 1.807) is 0 Å². The van der Waals surface area contributed by atoms with E-state index in [4.69, 9.17) is 4.74 Å². The first-order chi connectivity index (χ1) is 7.79. The lowest BCUT2D eigenvalue weighted by Gasteiger charge is -2.35. The SMILES string of the molecule is C[C@@H]([C@H](O)c1ccccc1)N1CCOCC1. The van der Waals surface area contributed by atoms with E-state index >= 15 is 0 Å². The Morgan fingerprint density at radius 1 is 1.19 bits per heavy atom. The number of rotatable bonds is 3. The summed E-state index contributed by atoms with van der Waals surface area (Å²) < 4.78 is 5.31. The highest BCUT2D eigenvalue weighted by atomic mass is 16.5. The van der Waals surface area contributed by atoms with Crippen LogP contribution in [0.15, 0.2) is 30.3 Å². The van der Waals surface area contributed by atoms with Gasteiger partial charge in [0.15, 0.2) is 0 Å². The molecule has 0 bridgehead atoms. The van der Waals surface area contributed by atoms with E-state index in [1.165, 1.54) is 0 Å². The molecule has 0 saturated carbocycles. The molecule has 0 aromatic heterocycles. The first-order valence-corrected chi connectivity index (χ1v) is 5.84. The van der Waals surface area contributed by atoms with Crippen molar-refractivity contribution in [3.05, 3.63) is 35.9 Å². The highest BCUT2D eigenvalue weighted by Gasteiger charge is 2.24. The molecule has 0 unspecified atom stereocenters. The Bertz CT molecular complexity index is 309. The molecule has 1 aromatic carbocycles. The second kappa shape index (κ2) is 5.43. The lowest BCUT2D eigenvalue weighted by molar-refractivity contribution is -0.0166. The van der Waals surface area contributed by atoms with Crippen LogP contribution in [0.3, 0.4) is 0 Å². The first kappa shape index (κ1) is 11.6. The fourth-order valence-corrected chi connectivity index (χ4v) is 2.11. The molecule has 0 spiro atoms. The molecule has 3 nitrogen and oxygen atoms in total. The molecule has 1 N–H and O–H groups in total. The number of nitrogens with zero attached hydrogens (tertiary/aromatic N) is 1. The predicted molar refractivity (Wildman–Crippen MR) is 63.3 cm³/mol. The van der Waals surface area contributed by atoms with Gasteiger partial charge in [-0.1, -0.05) is 30.3 Å². The molecule has 0 amide bonds. The highest BCUT2D eigenvalue weighted by molar-refractivity contribution is 5.18. The third-order valence-corrected chi connectivity index (χ3v) is 3.22. The van der Waals surface area contributed by atoms with Gasteiger partial charge >= 0.3 is 0 Å². The first-order valence-electron chi connectivity index (χ1n) is 5.84. The van der Waals surface area contributed by atoms with Gasteiger partial charge in [-0.15, -0.1) is 0 Å². The number of ether oxygens (including phenoxy) is 1. The van der Waals surface area contributed by atoms with Gasteiger partial charge in [-0.2, -0.15) is 0 Å². The number of hydrogen-bond donors (Lipinski definition) is 1. The van der Waals surface area contributed by atoms with E-state index in [1.807, 2.05) is 30.3 Å². The van der Waals surface area contributed by atoms with Crippen LogP contribution < -0.4 is 0 Å². The molecular weight excluding hydrogens is 202 g/mol. The minimum absolute atomic E-state index is 0.145. The Hall–Kier alpha value is -0.900. The zero-order chi connectivity index (χ0) is 11.4. The molecule has 1 fully saturated rings. The van der Waals surface area contributed by atoms with Crippen LogP contribution >= 0.6 is 0 Å². The van der Waals surface area contributed by atoms with E-state index < -0.39 is 6.10 Å². The lowest BCUT2D eigenvalue weighted by Crippen LogP contribution is -2.44. The van der Waals surface area contributed by atoms with Crippen molar-refractivity contribution in [2.45, 2.75) is 19.1 Å². The van der Waals surface area contributed by atoms with Gasteiger partial charge in [-0.25, -0.2) is 0 Å². The van der Waals surface area contributed by atoms with Crippen molar-refractivity contribution in [3.63, 3.8) is 0 Å². The molecular formula is C13H19NO2. The summed E-state index contributed by atoms with van der Waals surface area (Å²) in [5.41, 5.74) is 0.987. The molecule has 88 valence electrons. The van der Waals surface area contributed by atoms with Crippen LogP contribution in [0.4, 0.5) is 0 Å². The molecule has 1 aliphatic rings. The molecule has 1 saturated heterocycles. The maximum atomic E-state index is 10.3. The molecule has 16 heavy (non-hydrogen) atoms. The molecule has 1 aliphatic heterocycles. The predicted octanol–water partition coefficient (Wildman–Crippen LogP) is 1.44. The zero-order valence-corrected chi connectivity index (χ0v) is 9.67. The van der Waals surface area contributed by atoms with Gasteiger partial charge in [0.05, 0.1) is 19.3 Å².